The van der Waals surface area contributed by atoms with Crippen molar-refractivity contribution in [2.75, 3.05) is 0 Å². The summed E-state index contributed by atoms with van der Waals surface area (Å²) in [5.41, 5.74) is -0.707. The Labute approximate surface area is 70.7 Å². The fraction of sp³-hybridized carbons (Fsp3) is 0. The van der Waals surface area contributed by atoms with Crippen molar-refractivity contribution in [2.24, 2.45) is 0 Å². The van der Waals surface area contributed by atoms with Crippen molar-refractivity contribution >= 4 is 11.7 Å². The van der Waals surface area contributed by atoms with Crippen molar-refractivity contribution in [1.82, 2.24) is 19.6 Å². The molecule has 0 saturated heterocycles. The molecule has 2 N–H and O–H groups in total. The summed E-state index contributed by atoms with van der Waals surface area (Å²) in [5, 5.41) is 10.9. The third kappa shape index (κ3) is 1.15. The van der Waals surface area contributed by atoms with E-state index in [-0.39, 0.29) is 11.5 Å². The molecular weight excluding hydrogens is 176 g/mol. The zero-order valence-electron chi connectivity index (χ0n) is 6.26. The van der Waals surface area contributed by atoms with Crippen LogP contribution in [0.5, 0.6) is 0 Å². The average Bonchev–Trinajstić information content (AvgIpc) is 2.42. The number of carboxylic acids is 1. The maximum atomic E-state index is 10.7. The molecule has 0 amide bonds. The molecule has 13 heavy (non-hydrogen) atoms. The number of fused-ring (bicyclic) bond motifs is 1. The fourth-order valence-corrected chi connectivity index (χ4v) is 0.915. The van der Waals surface area contributed by atoms with Crippen LogP contribution in [0.2, 0.25) is 0 Å². The maximum Gasteiger partial charge on any atom is 0.363 e. The van der Waals surface area contributed by atoms with Crippen LogP contribution in [0.1, 0.15) is 10.5 Å². The highest BCUT2D eigenvalue weighted by Crippen LogP contribution is 1.95. The van der Waals surface area contributed by atoms with Crippen molar-refractivity contribution < 1.29 is 9.90 Å². The number of nitrogens with zero attached hydrogens (tertiary/aromatic N) is 3. The summed E-state index contributed by atoms with van der Waals surface area (Å²) in [5.74, 6) is -1.11. The number of hydrogen-bond acceptors (Lipinski definition) is 4. The van der Waals surface area contributed by atoms with Crippen LogP contribution in [0, 0.1) is 0 Å². The van der Waals surface area contributed by atoms with Crippen LogP contribution in [0.4, 0.5) is 0 Å². The number of carboxylic acid groups (broad SMARTS) is 1. The molecule has 0 fully saturated rings. The molecule has 0 spiro atoms. The second-order valence-corrected chi connectivity index (χ2v) is 2.32. The molecule has 0 aliphatic heterocycles. The fourth-order valence-electron chi connectivity index (χ4n) is 0.915. The van der Waals surface area contributed by atoms with Crippen molar-refractivity contribution in [3.8, 4) is 0 Å². The molecule has 0 radical (unpaired) electrons. The van der Waals surface area contributed by atoms with E-state index in [0.29, 0.717) is 0 Å². The Morgan fingerprint density at radius 1 is 1.54 bits per heavy atom. The topological polar surface area (TPSA) is 100 Å². The Morgan fingerprint density at radius 2 is 2.31 bits per heavy atom. The number of H-pyrrole nitrogens is 1. The Balaban J connectivity index is 2.74. The van der Waals surface area contributed by atoms with Crippen molar-refractivity contribution in [3.05, 3.63) is 28.4 Å². The predicted octanol–water partition coefficient (Wildman–Crippen LogP) is -0.884. The van der Waals surface area contributed by atoms with Crippen molar-refractivity contribution in [1.29, 1.82) is 0 Å². The molecule has 2 rings (SSSR count). The van der Waals surface area contributed by atoms with E-state index in [1.54, 1.807) is 0 Å². The number of rotatable bonds is 1. The normalized spacial score (nSPS) is 10.5. The second kappa shape index (κ2) is 2.41. The molecule has 0 aliphatic rings. The first-order valence-corrected chi connectivity index (χ1v) is 3.35. The van der Waals surface area contributed by atoms with Gasteiger partial charge in [0.25, 0.3) is 5.78 Å². The average molecular weight is 180 g/mol. The lowest BCUT2D eigenvalue weighted by atomic mass is 10.4. The minimum atomic E-state index is -1.15. The number of nitrogens with one attached hydrogen (secondary N) is 1. The highest BCUT2D eigenvalue weighted by Gasteiger charge is 2.06. The first kappa shape index (κ1) is 7.47. The number of aromatic amines is 1. The van der Waals surface area contributed by atoms with Gasteiger partial charge in [-0.1, -0.05) is 0 Å². The molecule has 66 valence electrons. The lowest BCUT2D eigenvalue weighted by molar-refractivity contribution is 0.0690. The standard InChI is InChI=1S/C6H4N4O3/c11-4(12)3-1-2-10-5(7-3)8-6(13)9-10/h1-2H,(H,9,13)(H,11,12). The van der Waals surface area contributed by atoms with Crippen LogP contribution < -0.4 is 5.69 Å². The van der Waals surface area contributed by atoms with E-state index < -0.39 is 11.7 Å². The molecule has 7 heteroatoms. The van der Waals surface area contributed by atoms with Crippen LogP contribution in [0.25, 0.3) is 5.78 Å². The molecule has 7 nitrogen and oxygen atoms in total. The van der Waals surface area contributed by atoms with E-state index >= 15 is 0 Å². The quantitative estimate of drug-likeness (QED) is 0.593. The number of aromatic nitrogens is 4. The molecular formula is C6H4N4O3. The Hall–Kier alpha value is -2.18. The Morgan fingerprint density at radius 3 is 3.00 bits per heavy atom. The summed E-state index contributed by atoms with van der Waals surface area (Å²) in [7, 11) is 0. The third-order valence-corrected chi connectivity index (χ3v) is 1.45. The molecule has 0 saturated carbocycles. The van der Waals surface area contributed by atoms with Gasteiger partial charge in [0.15, 0.2) is 5.69 Å². The first-order valence-electron chi connectivity index (χ1n) is 3.35. The predicted molar refractivity (Wildman–Crippen MR) is 40.6 cm³/mol. The van der Waals surface area contributed by atoms with Gasteiger partial charge in [0.1, 0.15) is 0 Å². The molecule has 0 unspecified atom stereocenters. The van der Waals surface area contributed by atoms with Gasteiger partial charge in [-0.15, -0.1) is 0 Å². The smallest absolute Gasteiger partial charge is 0.363 e. The molecule has 0 bridgehead atoms. The molecule has 2 heterocycles. The van der Waals surface area contributed by atoms with Gasteiger partial charge in [-0.05, 0) is 6.07 Å². The van der Waals surface area contributed by atoms with Gasteiger partial charge in [0, 0.05) is 6.20 Å². The van der Waals surface area contributed by atoms with Gasteiger partial charge in [0.05, 0.1) is 0 Å². The van der Waals surface area contributed by atoms with E-state index in [9.17, 15) is 9.59 Å². The lowest BCUT2D eigenvalue weighted by Crippen LogP contribution is -2.02. The zero-order chi connectivity index (χ0) is 9.42. The van der Waals surface area contributed by atoms with Gasteiger partial charge < -0.3 is 5.11 Å². The van der Waals surface area contributed by atoms with Gasteiger partial charge in [-0.3, -0.25) is 0 Å². The van der Waals surface area contributed by atoms with E-state index in [4.69, 9.17) is 5.11 Å². The molecule has 0 atom stereocenters. The van der Waals surface area contributed by atoms with Crippen LogP contribution >= 0.6 is 0 Å². The summed E-state index contributed by atoms with van der Waals surface area (Å²) in [4.78, 5) is 28.2. The first-order chi connectivity index (χ1) is 6.16. The number of hydrogen-bond donors (Lipinski definition) is 2. The summed E-state index contributed by atoms with van der Waals surface area (Å²) < 4.78 is 1.24. The molecule has 0 aliphatic carbocycles. The van der Waals surface area contributed by atoms with Crippen LogP contribution in [-0.2, 0) is 0 Å². The van der Waals surface area contributed by atoms with Crippen molar-refractivity contribution in [3.63, 3.8) is 0 Å². The van der Waals surface area contributed by atoms with Gasteiger partial charge in [-0.25, -0.2) is 24.2 Å². The molecule has 2 aromatic heterocycles. The highest BCUT2D eigenvalue weighted by molar-refractivity contribution is 5.85. The summed E-state index contributed by atoms with van der Waals surface area (Å²) in [6.07, 6.45) is 1.38. The van der Waals surface area contributed by atoms with Gasteiger partial charge >= 0.3 is 11.7 Å². The molecule has 0 aromatic carbocycles. The monoisotopic (exact) mass is 180 g/mol. The summed E-state index contributed by atoms with van der Waals surface area (Å²) >= 11 is 0. The van der Waals surface area contributed by atoms with E-state index in [0.717, 1.165) is 0 Å². The van der Waals surface area contributed by atoms with Gasteiger partial charge in [0.2, 0.25) is 0 Å². The zero-order valence-corrected chi connectivity index (χ0v) is 6.26. The van der Waals surface area contributed by atoms with E-state index in [1.807, 2.05) is 0 Å². The third-order valence-electron chi connectivity index (χ3n) is 1.45. The largest absolute Gasteiger partial charge is 0.477 e. The van der Waals surface area contributed by atoms with Crippen molar-refractivity contribution in [2.45, 2.75) is 0 Å². The second-order valence-electron chi connectivity index (χ2n) is 2.32. The maximum absolute atomic E-state index is 10.7. The lowest BCUT2D eigenvalue weighted by Gasteiger charge is -1.92. The molecule has 2 aromatic rings. The minimum absolute atomic E-state index is 0.0462. The van der Waals surface area contributed by atoms with Crippen LogP contribution in [0.15, 0.2) is 17.1 Å². The number of carbonyl (C=O) groups is 1. The SMILES string of the molecule is O=C(O)c1ccn2[nH]c(=O)nc2n1. The van der Waals surface area contributed by atoms with E-state index in [1.165, 1.54) is 16.8 Å². The van der Waals surface area contributed by atoms with Crippen LogP contribution in [0.3, 0.4) is 0 Å². The summed E-state index contributed by atoms with van der Waals surface area (Å²) in [6, 6.07) is 1.27. The highest BCUT2D eigenvalue weighted by atomic mass is 16.4. The minimum Gasteiger partial charge on any atom is -0.477 e. The Kier molecular flexibility index (Phi) is 1.38. The number of aromatic carboxylic acids is 1. The van der Waals surface area contributed by atoms with E-state index in [2.05, 4.69) is 15.1 Å². The van der Waals surface area contributed by atoms with Gasteiger partial charge in [-0.2, -0.15) is 4.98 Å². The van der Waals surface area contributed by atoms with Crippen LogP contribution in [-0.4, -0.2) is 30.7 Å². The summed E-state index contributed by atoms with van der Waals surface area (Å²) in [6.45, 7) is 0. The Bertz CT molecular complexity index is 526.